The van der Waals surface area contributed by atoms with Crippen LogP contribution in [0.5, 0.6) is 0 Å². The number of hydrogen-bond donors (Lipinski definition) is 2. The van der Waals surface area contributed by atoms with Crippen molar-refractivity contribution < 1.29 is 32.8 Å². The minimum atomic E-state index is -4.29. The van der Waals surface area contributed by atoms with Crippen LogP contribution in [0.3, 0.4) is 0 Å². The molecule has 0 aliphatic carbocycles. The largest absolute Gasteiger partial charge is 0.472 e. The lowest BCUT2D eigenvalue weighted by Gasteiger charge is -2.19. The Labute approximate surface area is 319 Å². The van der Waals surface area contributed by atoms with Gasteiger partial charge in [0.15, 0.2) is 0 Å². The minimum Gasteiger partial charge on any atom is -0.457 e. The summed E-state index contributed by atoms with van der Waals surface area (Å²) in [4.78, 5) is 22.4. The summed E-state index contributed by atoms with van der Waals surface area (Å²) in [6, 6.07) is 0. The van der Waals surface area contributed by atoms with E-state index in [0.29, 0.717) is 19.4 Å². The molecule has 0 aromatic rings. The smallest absolute Gasteiger partial charge is 0.457 e. The Hall–Kier alpha value is -1.80. The standard InChI is InChI=1S/C43H78NO7P/c1-3-5-7-9-11-13-15-17-19-21-22-24-26-28-30-32-34-36-43(45)51-42(41-50-52(46,47)49-39-37-44)40-48-38-35-33-31-29-27-25-23-20-18-16-14-12-10-8-6-4-2/h6,8,12,14,18,20,25,27,31,33,42H,3-5,7,9-11,13,15-17,19,21-24,26,28-30,32,34-41,44H2,1-2H3,(H,46,47)/b8-6-,14-12-,20-18-,27-25-,33-31-. The van der Waals surface area contributed by atoms with Crippen LogP contribution in [0.2, 0.25) is 0 Å². The fourth-order valence-electron chi connectivity index (χ4n) is 5.47. The van der Waals surface area contributed by atoms with Gasteiger partial charge in [-0.05, 0) is 44.9 Å². The second-order valence-electron chi connectivity index (χ2n) is 13.5. The number of carbonyl (C=O) groups excluding carboxylic acids is 1. The molecule has 0 aromatic carbocycles. The molecule has 0 spiro atoms. The van der Waals surface area contributed by atoms with Crippen LogP contribution in [0.15, 0.2) is 60.8 Å². The van der Waals surface area contributed by atoms with Crippen molar-refractivity contribution in [3.63, 3.8) is 0 Å². The maximum Gasteiger partial charge on any atom is 0.472 e. The van der Waals surface area contributed by atoms with Gasteiger partial charge in [-0.15, -0.1) is 0 Å². The zero-order valence-corrected chi connectivity index (χ0v) is 34.2. The van der Waals surface area contributed by atoms with Crippen LogP contribution in [0.25, 0.3) is 0 Å². The molecule has 0 fully saturated rings. The van der Waals surface area contributed by atoms with Gasteiger partial charge in [0.05, 0.1) is 26.4 Å². The highest BCUT2D eigenvalue weighted by Crippen LogP contribution is 2.43. The molecular formula is C43H78NO7P. The van der Waals surface area contributed by atoms with Crippen LogP contribution < -0.4 is 5.73 Å². The molecule has 0 saturated heterocycles. The van der Waals surface area contributed by atoms with Gasteiger partial charge in [0.1, 0.15) is 6.10 Å². The zero-order valence-electron chi connectivity index (χ0n) is 33.3. The topological polar surface area (TPSA) is 117 Å². The average Bonchev–Trinajstić information content (AvgIpc) is 3.13. The quantitative estimate of drug-likeness (QED) is 0.0276. The Morgan fingerprint density at radius 2 is 1.04 bits per heavy atom. The highest BCUT2D eigenvalue weighted by molar-refractivity contribution is 7.47. The van der Waals surface area contributed by atoms with Gasteiger partial charge < -0.3 is 20.1 Å². The van der Waals surface area contributed by atoms with Gasteiger partial charge in [0, 0.05) is 13.0 Å². The fraction of sp³-hybridized carbons (Fsp3) is 0.744. The van der Waals surface area contributed by atoms with Crippen LogP contribution in [0, 0.1) is 0 Å². The van der Waals surface area contributed by atoms with Crippen molar-refractivity contribution in [1.82, 2.24) is 0 Å². The molecule has 3 N–H and O–H groups in total. The molecule has 2 unspecified atom stereocenters. The molecule has 8 nitrogen and oxygen atoms in total. The van der Waals surface area contributed by atoms with Gasteiger partial charge in [0.2, 0.25) is 0 Å². The number of phosphoric ester groups is 1. The summed E-state index contributed by atoms with van der Waals surface area (Å²) < 4.78 is 33.3. The molecule has 0 aliphatic heterocycles. The Balaban J connectivity index is 4.15. The van der Waals surface area contributed by atoms with Crippen LogP contribution in [-0.4, -0.2) is 49.9 Å². The second kappa shape index (κ2) is 40.4. The van der Waals surface area contributed by atoms with Crippen LogP contribution in [0.1, 0.15) is 168 Å². The lowest BCUT2D eigenvalue weighted by molar-refractivity contribution is -0.154. The van der Waals surface area contributed by atoms with E-state index in [1.54, 1.807) is 0 Å². The van der Waals surface area contributed by atoms with E-state index in [0.717, 1.165) is 51.4 Å². The predicted molar refractivity (Wildman–Crippen MR) is 219 cm³/mol. The number of ether oxygens (including phenoxy) is 2. The Kier molecular flexibility index (Phi) is 39.0. The summed E-state index contributed by atoms with van der Waals surface area (Å²) >= 11 is 0. The van der Waals surface area contributed by atoms with E-state index in [4.69, 9.17) is 24.3 Å². The Morgan fingerprint density at radius 3 is 1.50 bits per heavy atom. The monoisotopic (exact) mass is 752 g/mol. The third-order valence-electron chi connectivity index (χ3n) is 8.47. The van der Waals surface area contributed by atoms with Crippen molar-refractivity contribution in [2.24, 2.45) is 5.73 Å². The normalized spacial score (nSPS) is 14.2. The number of hydrogen-bond acceptors (Lipinski definition) is 7. The first-order valence-electron chi connectivity index (χ1n) is 20.8. The number of phosphoric acid groups is 1. The minimum absolute atomic E-state index is 0.0619. The number of rotatable bonds is 39. The van der Waals surface area contributed by atoms with Crippen LogP contribution >= 0.6 is 7.82 Å². The van der Waals surface area contributed by atoms with Gasteiger partial charge in [-0.3, -0.25) is 13.8 Å². The molecular weight excluding hydrogens is 673 g/mol. The second-order valence-corrected chi connectivity index (χ2v) is 14.9. The lowest BCUT2D eigenvalue weighted by atomic mass is 10.0. The number of allylic oxidation sites excluding steroid dienone is 9. The number of esters is 1. The SMILES string of the molecule is CC/C=C\C/C=C\C/C=C\C/C=C\C/C=C\CCOCC(COP(=O)(O)OCCN)OC(=O)CCCCCCCCCCCCCCCCCCC. The van der Waals surface area contributed by atoms with Crippen molar-refractivity contribution in [2.45, 2.75) is 174 Å². The van der Waals surface area contributed by atoms with E-state index in [9.17, 15) is 14.3 Å². The van der Waals surface area contributed by atoms with Crippen LogP contribution in [0.4, 0.5) is 0 Å². The number of nitrogens with two attached hydrogens (primary N) is 1. The summed E-state index contributed by atoms with van der Waals surface area (Å²) in [5.74, 6) is -0.355. The maximum atomic E-state index is 12.6. The van der Waals surface area contributed by atoms with E-state index >= 15 is 0 Å². The molecule has 0 aromatic heterocycles. The van der Waals surface area contributed by atoms with Crippen LogP contribution in [-0.2, 0) is 27.9 Å². The molecule has 0 heterocycles. The lowest BCUT2D eigenvalue weighted by Crippen LogP contribution is -2.28. The number of carbonyl (C=O) groups is 1. The van der Waals surface area contributed by atoms with Crippen molar-refractivity contribution in [3.05, 3.63) is 60.8 Å². The molecule has 0 radical (unpaired) electrons. The highest BCUT2D eigenvalue weighted by Gasteiger charge is 2.25. The average molecular weight is 752 g/mol. The first kappa shape index (κ1) is 50.2. The molecule has 9 heteroatoms. The molecule has 2 atom stereocenters. The fourth-order valence-corrected chi connectivity index (χ4v) is 6.24. The van der Waals surface area contributed by atoms with Gasteiger partial charge in [-0.1, -0.05) is 177 Å². The molecule has 0 rings (SSSR count). The maximum absolute atomic E-state index is 12.6. The summed E-state index contributed by atoms with van der Waals surface area (Å²) in [5, 5.41) is 0. The Bertz CT molecular complexity index is 979. The molecule has 0 aliphatic rings. The molecule has 0 bridgehead atoms. The van der Waals surface area contributed by atoms with E-state index in [2.05, 4.69) is 74.6 Å². The first-order valence-corrected chi connectivity index (χ1v) is 22.3. The highest BCUT2D eigenvalue weighted by atomic mass is 31.2. The Morgan fingerprint density at radius 1 is 0.596 bits per heavy atom. The van der Waals surface area contributed by atoms with Crippen molar-refractivity contribution >= 4 is 13.8 Å². The van der Waals surface area contributed by atoms with E-state index in [1.165, 1.54) is 89.9 Å². The molecule has 52 heavy (non-hydrogen) atoms. The zero-order chi connectivity index (χ0) is 38.1. The van der Waals surface area contributed by atoms with E-state index in [-0.39, 0.29) is 32.3 Å². The van der Waals surface area contributed by atoms with Gasteiger partial charge in [0.25, 0.3) is 0 Å². The third-order valence-corrected chi connectivity index (χ3v) is 9.45. The predicted octanol–water partition coefficient (Wildman–Crippen LogP) is 12.2. The summed E-state index contributed by atoms with van der Waals surface area (Å²) in [7, 11) is -4.29. The van der Waals surface area contributed by atoms with Crippen molar-refractivity contribution in [2.75, 3.05) is 33.0 Å². The summed E-state index contributed by atoms with van der Waals surface area (Å²) in [5.41, 5.74) is 5.36. The first-order chi connectivity index (χ1) is 25.4. The van der Waals surface area contributed by atoms with E-state index in [1.807, 2.05) is 0 Å². The van der Waals surface area contributed by atoms with Gasteiger partial charge in [-0.2, -0.15) is 0 Å². The van der Waals surface area contributed by atoms with Crippen molar-refractivity contribution in [3.8, 4) is 0 Å². The molecule has 0 saturated carbocycles. The molecule has 302 valence electrons. The molecule has 0 amide bonds. The number of unbranched alkanes of at least 4 members (excludes halogenated alkanes) is 16. The van der Waals surface area contributed by atoms with Crippen molar-refractivity contribution in [1.29, 1.82) is 0 Å². The summed E-state index contributed by atoms with van der Waals surface area (Å²) in [6.45, 7) is 4.58. The third kappa shape index (κ3) is 39.4. The van der Waals surface area contributed by atoms with Gasteiger partial charge >= 0.3 is 13.8 Å². The van der Waals surface area contributed by atoms with E-state index < -0.39 is 13.9 Å². The van der Waals surface area contributed by atoms with Gasteiger partial charge in [-0.25, -0.2) is 4.57 Å². The summed E-state index contributed by atoms with van der Waals surface area (Å²) in [6.07, 6.45) is 48.3.